The highest BCUT2D eigenvalue weighted by atomic mass is 19.1. The molecule has 7 nitrogen and oxygen atoms in total. The summed E-state index contributed by atoms with van der Waals surface area (Å²) in [7, 11) is 1.73. The van der Waals surface area contributed by atoms with Gasteiger partial charge in [-0.2, -0.15) is 0 Å². The number of rotatable bonds is 4. The molecule has 0 amide bonds. The molecule has 0 aliphatic rings. The Morgan fingerprint density at radius 1 is 1.33 bits per heavy atom. The molecule has 0 atom stereocenters. The van der Waals surface area contributed by atoms with E-state index in [-0.39, 0.29) is 5.84 Å². The van der Waals surface area contributed by atoms with Crippen molar-refractivity contribution in [3.8, 4) is 28.0 Å². The minimum Gasteiger partial charge on any atom is -0.505 e. The standard InChI is InChI=1S/C19H19FN4O3/c1-5-13-16(11-6-7-14(25)12(20)8-11)17(15-9(2)23-27-10(15)3)18(24(13)4)19(21)22-26/h5-8,25-26H,1H2,2-4H3,(H2,21,22). The van der Waals surface area contributed by atoms with Crippen LogP contribution in [0.25, 0.3) is 28.3 Å². The van der Waals surface area contributed by atoms with Crippen molar-refractivity contribution in [3.63, 3.8) is 0 Å². The van der Waals surface area contributed by atoms with E-state index in [1.807, 2.05) is 0 Å². The Morgan fingerprint density at radius 3 is 2.56 bits per heavy atom. The van der Waals surface area contributed by atoms with Crippen LogP contribution < -0.4 is 5.73 Å². The van der Waals surface area contributed by atoms with Crippen LogP contribution in [-0.4, -0.2) is 25.9 Å². The van der Waals surface area contributed by atoms with Crippen LogP contribution in [0.2, 0.25) is 0 Å². The number of hydrogen-bond acceptors (Lipinski definition) is 5. The van der Waals surface area contributed by atoms with Crippen LogP contribution in [0.5, 0.6) is 5.75 Å². The Bertz CT molecular complexity index is 1060. The van der Waals surface area contributed by atoms with Crippen molar-refractivity contribution in [1.82, 2.24) is 9.72 Å². The summed E-state index contributed by atoms with van der Waals surface area (Å²) in [6, 6.07) is 4.07. The van der Waals surface area contributed by atoms with Crippen molar-refractivity contribution in [2.75, 3.05) is 0 Å². The molecule has 8 heteroatoms. The molecule has 0 aliphatic heterocycles. The normalized spacial score (nSPS) is 11.8. The minimum atomic E-state index is -0.763. The molecular weight excluding hydrogens is 351 g/mol. The molecule has 0 spiro atoms. The van der Waals surface area contributed by atoms with Gasteiger partial charge in [0.05, 0.1) is 17.0 Å². The summed E-state index contributed by atoms with van der Waals surface area (Å²) in [5, 5.41) is 26.0. The molecule has 0 radical (unpaired) electrons. The van der Waals surface area contributed by atoms with Crippen molar-refractivity contribution in [3.05, 3.63) is 53.4 Å². The SMILES string of the molecule is C=Cc1c(-c2ccc(O)c(F)c2)c(-c2c(C)noc2C)c(C(N)=NO)n1C. The summed E-state index contributed by atoms with van der Waals surface area (Å²) >= 11 is 0. The number of hydrogen-bond donors (Lipinski definition) is 3. The third-order valence-corrected chi connectivity index (χ3v) is 4.50. The van der Waals surface area contributed by atoms with E-state index in [1.165, 1.54) is 12.1 Å². The molecule has 0 unspecified atom stereocenters. The smallest absolute Gasteiger partial charge is 0.187 e. The van der Waals surface area contributed by atoms with E-state index in [1.54, 1.807) is 37.6 Å². The molecule has 4 N–H and O–H groups in total. The van der Waals surface area contributed by atoms with Gasteiger partial charge in [-0.3, -0.25) is 0 Å². The lowest BCUT2D eigenvalue weighted by Crippen LogP contribution is -2.18. The number of aromatic nitrogens is 2. The molecule has 0 saturated carbocycles. The lowest BCUT2D eigenvalue weighted by molar-refractivity contribution is 0.318. The van der Waals surface area contributed by atoms with E-state index in [9.17, 15) is 14.7 Å². The second-order valence-electron chi connectivity index (χ2n) is 6.10. The van der Waals surface area contributed by atoms with Gasteiger partial charge < -0.3 is 25.1 Å². The summed E-state index contributed by atoms with van der Waals surface area (Å²) < 4.78 is 21.1. The highest BCUT2D eigenvalue weighted by molar-refractivity contribution is 6.08. The van der Waals surface area contributed by atoms with Gasteiger partial charge in [-0.05, 0) is 37.6 Å². The monoisotopic (exact) mass is 370 g/mol. The maximum Gasteiger partial charge on any atom is 0.187 e. The molecule has 0 aliphatic carbocycles. The van der Waals surface area contributed by atoms with Gasteiger partial charge in [-0.15, -0.1) is 0 Å². The fraction of sp³-hybridized carbons (Fsp3) is 0.158. The average Bonchev–Trinajstić information content (AvgIpc) is 3.12. The number of benzene rings is 1. The number of phenolic OH excluding ortho intramolecular Hbond substituents is 1. The first kappa shape index (κ1) is 18.2. The van der Waals surface area contributed by atoms with Gasteiger partial charge in [-0.1, -0.05) is 23.0 Å². The molecule has 0 fully saturated rings. The molecule has 140 valence electrons. The number of aromatic hydroxyl groups is 1. The molecule has 3 rings (SSSR count). The Balaban J connectivity index is 2.52. The third-order valence-electron chi connectivity index (χ3n) is 4.50. The number of aryl methyl sites for hydroxylation is 2. The second kappa shape index (κ2) is 6.64. The maximum atomic E-state index is 14.1. The molecule has 0 saturated heterocycles. The summed E-state index contributed by atoms with van der Waals surface area (Å²) in [6.07, 6.45) is 1.59. The average molecular weight is 370 g/mol. The second-order valence-corrected chi connectivity index (χ2v) is 6.10. The van der Waals surface area contributed by atoms with Gasteiger partial charge in [0.25, 0.3) is 0 Å². The van der Waals surface area contributed by atoms with E-state index in [0.717, 1.165) is 0 Å². The molecule has 0 bridgehead atoms. The highest BCUT2D eigenvalue weighted by Gasteiger charge is 2.28. The van der Waals surface area contributed by atoms with E-state index in [2.05, 4.69) is 16.9 Å². The largest absolute Gasteiger partial charge is 0.505 e. The summed E-state index contributed by atoms with van der Waals surface area (Å²) in [6.45, 7) is 7.35. The van der Waals surface area contributed by atoms with E-state index < -0.39 is 11.6 Å². The summed E-state index contributed by atoms with van der Waals surface area (Å²) in [5.74, 6) is -0.811. The lowest BCUT2D eigenvalue weighted by atomic mass is 9.93. The predicted molar refractivity (Wildman–Crippen MR) is 100 cm³/mol. The first-order chi connectivity index (χ1) is 12.8. The first-order valence-corrected chi connectivity index (χ1v) is 8.06. The number of nitrogens with two attached hydrogens (primary N) is 1. The summed E-state index contributed by atoms with van der Waals surface area (Å²) in [5.41, 5.74) is 9.90. The molecule has 3 aromatic rings. The summed E-state index contributed by atoms with van der Waals surface area (Å²) in [4.78, 5) is 0. The van der Waals surface area contributed by atoms with Crippen molar-refractivity contribution in [2.45, 2.75) is 13.8 Å². The zero-order valence-electron chi connectivity index (χ0n) is 15.1. The number of nitrogens with zero attached hydrogens (tertiary/aromatic N) is 3. The van der Waals surface area contributed by atoms with Crippen LogP contribution in [0.3, 0.4) is 0 Å². The van der Waals surface area contributed by atoms with Crippen LogP contribution in [0.1, 0.15) is 22.8 Å². The van der Waals surface area contributed by atoms with Crippen LogP contribution in [0.15, 0.2) is 34.5 Å². The predicted octanol–water partition coefficient (Wildman–Crippen LogP) is 3.55. The van der Waals surface area contributed by atoms with Gasteiger partial charge in [-0.25, -0.2) is 4.39 Å². The molecule has 2 heterocycles. The lowest BCUT2D eigenvalue weighted by Gasteiger charge is -2.09. The topological polar surface area (TPSA) is 110 Å². The van der Waals surface area contributed by atoms with E-state index in [0.29, 0.717) is 45.1 Å². The van der Waals surface area contributed by atoms with Crippen LogP contribution in [-0.2, 0) is 7.05 Å². The third kappa shape index (κ3) is 2.75. The van der Waals surface area contributed by atoms with Crippen LogP contribution in [0.4, 0.5) is 4.39 Å². The zero-order chi connectivity index (χ0) is 19.9. The minimum absolute atomic E-state index is 0.124. The van der Waals surface area contributed by atoms with Crippen molar-refractivity contribution in [2.24, 2.45) is 17.9 Å². The van der Waals surface area contributed by atoms with E-state index >= 15 is 0 Å². The van der Waals surface area contributed by atoms with Crippen molar-refractivity contribution < 1.29 is 19.2 Å². The Kier molecular flexibility index (Phi) is 4.49. The van der Waals surface area contributed by atoms with Gasteiger partial charge in [0.1, 0.15) is 5.76 Å². The van der Waals surface area contributed by atoms with Crippen molar-refractivity contribution >= 4 is 11.9 Å². The molecule has 1 aromatic carbocycles. The highest BCUT2D eigenvalue weighted by Crippen LogP contribution is 2.43. The fourth-order valence-electron chi connectivity index (χ4n) is 3.33. The quantitative estimate of drug-likeness (QED) is 0.282. The zero-order valence-corrected chi connectivity index (χ0v) is 15.1. The number of oxime groups is 1. The van der Waals surface area contributed by atoms with Crippen molar-refractivity contribution in [1.29, 1.82) is 0 Å². The van der Waals surface area contributed by atoms with Gasteiger partial charge in [0, 0.05) is 23.9 Å². The maximum absolute atomic E-state index is 14.1. The van der Waals surface area contributed by atoms with Gasteiger partial charge >= 0.3 is 0 Å². The molecular formula is C19H19FN4O3. The van der Waals surface area contributed by atoms with Crippen LogP contribution in [0, 0.1) is 19.7 Å². The fourth-order valence-corrected chi connectivity index (χ4v) is 3.33. The Morgan fingerprint density at radius 2 is 2.04 bits per heavy atom. The van der Waals surface area contributed by atoms with Gasteiger partial charge in [0.2, 0.25) is 0 Å². The van der Waals surface area contributed by atoms with Gasteiger partial charge in [0.15, 0.2) is 17.4 Å². The number of halogens is 1. The molecule has 2 aromatic heterocycles. The first-order valence-electron chi connectivity index (χ1n) is 8.06. The van der Waals surface area contributed by atoms with E-state index in [4.69, 9.17) is 10.3 Å². The Labute approximate surface area is 154 Å². The van der Waals surface area contributed by atoms with Crippen LogP contribution >= 0.6 is 0 Å². The number of phenols is 1. The molecule has 27 heavy (non-hydrogen) atoms. The number of amidine groups is 1. The Hall–Kier alpha value is -3.55.